The number of carbonyl (C=O) groups excluding carboxylic acids is 2. The van der Waals surface area contributed by atoms with E-state index in [1.165, 1.54) is 6.42 Å². The first-order chi connectivity index (χ1) is 12.1. The van der Waals surface area contributed by atoms with Gasteiger partial charge in [0, 0.05) is 27.9 Å². The van der Waals surface area contributed by atoms with E-state index in [0.717, 1.165) is 25.7 Å². The number of benzene rings is 2. The Morgan fingerprint density at radius 3 is 2.20 bits per heavy atom. The van der Waals surface area contributed by atoms with Gasteiger partial charge in [0.05, 0.1) is 0 Å². The van der Waals surface area contributed by atoms with E-state index in [4.69, 9.17) is 11.6 Å². The second-order valence-corrected chi connectivity index (χ2v) is 6.81. The summed E-state index contributed by atoms with van der Waals surface area (Å²) in [7, 11) is 0. The van der Waals surface area contributed by atoms with Crippen molar-refractivity contribution in [1.29, 1.82) is 0 Å². The molecule has 2 aromatic carbocycles. The molecule has 0 atom stereocenters. The van der Waals surface area contributed by atoms with Gasteiger partial charge >= 0.3 is 0 Å². The van der Waals surface area contributed by atoms with Crippen LogP contribution in [-0.4, -0.2) is 11.8 Å². The Morgan fingerprint density at radius 2 is 1.52 bits per heavy atom. The van der Waals surface area contributed by atoms with Crippen molar-refractivity contribution in [1.82, 2.24) is 0 Å². The predicted octanol–water partition coefficient (Wildman–Crippen LogP) is 5.11. The minimum atomic E-state index is -0.215. The van der Waals surface area contributed by atoms with Crippen molar-refractivity contribution in [2.45, 2.75) is 32.1 Å². The second-order valence-electron chi connectivity index (χ2n) is 6.37. The van der Waals surface area contributed by atoms with Crippen LogP contribution in [0.25, 0.3) is 0 Å². The minimum Gasteiger partial charge on any atom is -0.326 e. The highest BCUT2D eigenvalue weighted by atomic mass is 35.5. The van der Waals surface area contributed by atoms with E-state index in [1.807, 2.05) is 18.2 Å². The van der Waals surface area contributed by atoms with Gasteiger partial charge in [-0.2, -0.15) is 0 Å². The van der Waals surface area contributed by atoms with E-state index in [9.17, 15) is 9.59 Å². The second kappa shape index (κ2) is 8.17. The molecule has 0 saturated heterocycles. The highest BCUT2D eigenvalue weighted by Gasteiger charge is 2.21. The van der Waals surface area contributed by atoms with Crippen LogP contribution in [0.3, 0.4) is 0 Å². The Balaban J connectivity index is 1.69. The molecule has 5 heteroatoms. The summed E-state index contributed by atoms with van der Waals surface area (Å²) in [6.07, 6.45) is 5.28. The minimum absolute atomic E-state index is 0.0299. The molecule has 2 aromatic rings. The highest BCUT2D eigenvalue weighted by molar-refractivity contribution is 6.31. The molecular weight excluding hydrogens is 336 g/mol. The van der Waals surface area contributed by atoms with Crippen molar-refractivity contribution < 1.29 is 9.59 Å². The fourth-order valence-electron chi connectivity index (χ4n) is 3.14. The molecule has 0 aliphatic heterocycles. The molecule has 25 heavy (non-hydrogen) atoms. The molecule has 1 aliphatic carbocycles. The van der Waals surface area contributed by atoms with E-state index >= 15 is 0 Å². The predicted molar refractivity (Wildman–Crippen MR) is 101 cm³/mol. The smallest absolute Gasteiger partial charge is 0.255 e. The lowest BCUT2D eigenvalue weighted by atomic mass is 9.88. The average Bonchev–Trinajstić information content (AvgIpc) is 2.62. The topological polar surface area (TPSA) is 58.2 Å². The monoisotopic (exact) mass is 356 g/mol. The van der Waals surface area contributed by atoms with Crippen molar-refractivity contribution >= 4 is 34.8 Å². The maximum Gasteiger partial charge on any atom is 0.255 e. The van der Waals surface area contributed by atoms with Crippen molar-refractivity contribution in [3.05, 3.63) is 59.1 Å². The summed E-state index contributed by atoms with van der Waals surface area (Å²) in [5, 5.41) is 6.21. The van der Waals surface area contributed by atoms with Gasteiger partial charge in [-0.15, -0.1) is 0 Å². The first kappa shape index (κ1) is 17.5. The standard InChI is InChI=1S/C20H21ClN2O2/c21-16-11-17(22-19(24)14-7-3-1-4-8-14)13-18(12-16)23-20(25)15-9-5-2-6-10-15/h1,3-4,7-8,11-13,15H,2,5-6,9-10H2,(H,22,24)(H,23,25). The summed E-state index contributed by atoms with van der Waals surface area (Å²) in [6.45, 7) is 0. The Hall–Kier alpha value is -2.33. The van der Waals surface area contributed by atoms with Gasteiger partial charge in [0.25, 0.3) is 5.91 Å². The van der Waals surface area contributed by atoms with Crippen LogP contribution in [0.15, 0.2) is 48.5 Å². The molecule has 4 nitrogen and oxygen atoms in total. The molecule has 0 unspecified atom stereocenters. The molecule has 2 N–H and O–H groups in total. The van der Waals surface area contributed by atoms with Crippen LogP contribution in [0.5, 0.6) is 0 Å². The van der Waals surface area contributed by atoms with Crippen LogP contribution in [0.2, 0.25) is 5.02 Å². The summed E-state index contributed by atoms with van der Waals surface area (Å²) in [6, 6.07) is 14.0. The number of anilines is 2. The van der Waals surface area contributed by atoms with Crippen LogP contribution in [-0.2, 0) is 4.79 Å². The lowest BCUT2D eigenvalue weighted by molar-refractivity contribution is -0.120. The molecule has 0 bridgehead atoms. The first-order valence-electron chi connectivity index (χ1n) is 8.60. The van der Waals surface area contributed by atoms with Gasteiger partial charge in [-0.25, -0.2) is 0 Å². The number of hydrogen-bond acceptors (Lipinski definition) is 2. The van der Waals surface area contributed by atoms with Crippen LogP contribution >= 0.6 is 11.6 Å². The average molecular weight is 357 g/mol. The van der Waals surface area contributed by atoms with Crippen molar-refractivity contribution in [3.63, 3.8) is 0 Å². The summed E-state index contributed by atoms with van der Waals surface area (Å²) in [5.74, 6) is -0.121. The van der Waals surface area contributed by atoms with Gasteiger partial charge < -0.3 is 10.6 Å². The fourth-order valence-corrected chi connectivity index (χ4v) is 3.37. The Labute approximate surface area is 152 Å². The summed E-state index contributed by atoms with van der Waals surface area (Å²) >= 11 is 6.15. The molecule has 0 radical (unpaired) electrons. The zero-order chi connectivity index (χ0) is 17.6. The molecule has 130 valence electrons. The highest BCUT2D eigenvalue weighted by Crippen LogP contribution is 2.27. The number of nitrogens with one attached hydrogen (secondary N) is 2. The number of rotatable bonds is 4. The van der Waals surface area contributed by atoms with Crippen LogP contribution < -0.4 is 10.6 Å². The number of carbonyl (C=O) groups is 2. The van der Waals surface area contributed by atoms with Crippen molar-refractivity contribution in [2.24, 2.45) is 5.92 Å². The molecule has 3 rings (SSSR count). The summed E-state index contributed by atoms with van der Waals surface area (Å²) in [4.78, 5) is 24.7. The van der Waals surface area contributed by atoms with E-state index < -0.39 is 0 Å². The van der Waals surface area contributed by atoms with E-state index in [1.54, 1.807) is 30.3 Å². The lowest BCUT2D eigenvalue weighted by Gasteiger charge is -2.21. The maximum absolute atomic E-state index is 12.4. The summed E-state index contributed by atoms with van der Waals surface area (Å²) < 4.78 is 0. The Morgan fingerprint density at radius 1 is 0.880 bits per heavy atom. The van der Waals surface area contributed by atoms with Crippen molar-refractivity contribution in [2.75, 3.05) is 10.6 Å². The van der Waals surface area contributed by atoms with Crippen LogP contribution in [0, 0.1) is 5.92 Å². The number of hydrogen-bond donors (Lipinski definition) is 2. The van der Waals surface area contributed by atoms with Crippen LogP contribution in [0.4, 0.5) is 11.4 Å². The third-order valence-electron chi connectivity index (χ3n) is 4.44. The van der Waals surface area contributed by atoms with Gasteiger partial charge in [0.15, 0.2) is 0 Å². The molecule has 0 spiro atoms. The Bertz CT molecular complexity index is 756. The molecule has 0 heterocycles. The van der Waals surface area contributed by atoms with Crippen LogP contribution in [0.1, 0.15) is 42.5 Å². The molecular formula is C20H21ClN2O2. The molecule has 1 aliphatic rings. The van der Waals surface area contributed by atoms with Gasteiger partial charge in [-0.05, 0) is 43.2 Å². The number of amides is 2. The fraction of sp³-hybridized carbons (Fsp3) is 0.300. The van der Waals surface area contributed by atoms with E-state index in [2.05, 4.69) is 10.6 Å². The molecule has 1 saturated carbocycles. The quantitative estimate of drug-likeness (QED) is 0.799. The lowest BCUT2D eigenvalue weighted by Crippen LogP contribution is -2.24. The Kier molecular flexibility index (Phi) is 5.71. The SMILES string of the molecule is O=C(Nc1cc(Cl)cc(NC(=O)C2CCCCC2)c1)c1ccccc1. The molecule has 0 aromatic heterocycles. The zero-order valence-electron chi connectivity index (χ0n) is 13.9. The van der Waals surface area contributed by atoms with Crippen molar-refractivity contribution in [3.8, 4) is 0 Å². The molecule has 1 fully saturated rings. The van der Waals surface area contributed by atoms with Gasteiger partial charge in [0.2, 0.25) is 5.91 Å². The molecule has 2 amide bonds. The van der Waals surface area contributed by atoms with Gasteiger partial charge in [-0.3, -0.25) is 9.59 Å². The van der Waals surface area contributed by atoms with E-state index in [-0.39, 0.29) is 17.7 Å². The maximum atomic E-state index is 12.4. The van der Waals surface area contributed by atoms with Gasteiger partial charge in [-0.1, -0.05) is 49.1 Å². The summed E-state index contributed by atoms with van der Waals surface area (Å²) in [5.41, 5.74) is 1.72. The van der Waals surface area contributed by atoms with E-state index in [0.29, 0.717) is 22.0 Å². The largest absolute Gasteiger partial charge is 0.326 e. The zero-order valence-corrected chi connectivity index (χ0v) is 14.7. The van der Waals surface area contributed by atoms with Gasteiger partial charge in [0.1, 0.15) is 0 Å². The normalized spacial score (nSPS) is 14.8. The third-order valence-corrected chi connectivity index (χ3v) is 4.65. The third kappa shape index (κ3) is 4.83. The first-order valence-corrected chi connectivity index (χ1v) is 8.97. The number of halogens is 1.